The van der Waals surface area contributed by atoms with Crippen molar-refractivity contribution >= 4 is 0 Å². The van der Waals surface area contributed by atoms with Gasteiger partial charge in [0.15, 0.2) is 0 Å². The van der Waals surface area contributed by atoms with Gasteiger partial charge in [0.05, 0.1) is 0 Å². The highest BCUT2D eigenvalue weighted by Gasteiger charge is 2.51. The molecule has 0 saturated carbocycles. The maximum absolute atomic E-state index is 12.6. The van der Waals surface area contributed by atoms with E-state index in [-0.39, 0.29) is 5.56 Å². The minimum atomic E-state index is -4.43. The van der Waals surface area contributed by atoms with Gasteiger partial charge in [0.1, 0.15) is 5.54 Å². The molecule has 1 atom stereocenters. The lowest BCUT2D eigenvalue weighted by Crippen LogP contribution is -2.54. The number of hydrogen-bond acceptors (Lipinski definition) is 2. The van der Waals surface area contributed by atoms with E-state index in [0.29, 0.717) is 0 Å². The van der Waals surface area contributed by atoms with Crippen molar-refractivity contribution in [1.29, 1.82) is 0 Å². The maximum atomic E-state index is 12.6. The Hall–Kier alpha value is -1.07. The summed E-state index contributed by atoms with van der Waals surface area (Å²) in [5.41, 5.74) is -0.298. The first-order valence-electron chi connectivity index (χ1n) is 4.02. The third-order valence-corrected chi connectivity index (χ3v) is 2.21. The van der Waals surface area contributed by atoms with E-state index in [1.807, 2.05) is 5.43 Å². The molecule has 0 aliphatic rings. The van der Waals surface area contributed by atoms with E-state index >= 15 is 0 Å². The number of halogens is 3. The fourth-order valence-electron chi connectivity index (χ4n) is 1.10. The van der Waals surface area contributed by atoms with Gasteiger partial charge in [0.2, 0.25) is 0 Å². The summed E-state index contributed by atoms with van der Waals surface area (Å²) in [5, 5.41) is 0. The molecule has 1 aromatic carbocycles. The van der Waals surface area contributed by atoms with Crippen LogP contribution < -0.4 is 11.3 Å². The summed E-state index contributed by atoms with van der Waals surface area (Å²) in [6.07, 6.45) is -4.43. The van der Waals surface area contributed by atoms with Crippen LogP contribution in [-0.4, -0.2) is 6.18 Å². The van der Waals surface area contributed by atoms with Crippen molar-refractivity contribution in [2.75, 3.05) is 0 Å². The standard InChI is InChI=1S/C9H11F3N2/c1-8(14-13,9(10,11)12)7-5-3-2-4-6-7/h2-6,14H,13H2,1H3. The molecule has 0 bridgehead atoms. The number of nitrogens with two attached hydrogens (primary N) is 1. The fourth-order valence-corrected chi connectivity index (χ4v) is 1.10. The second-order valence-corrected chi connectivity index (χ2v) is 3.13. The molecule has 0 aromatic heterocycles. The van der Waals surface area contributed by atoms with Crippen LogP contribution in [0.25, 0.3) is 0 Å². The summed E-state index contributed by atoms with van der Waals surface area (Å²) in [7, 11) is 0. The fraction of sp³-hybridized carbons (Fsp3) is 0.333. The van der Waals surface area contributed by atoms with Crippen LogP contribution in [0, 0.1) is 0 Å². The number of nitrogens with one attached hydrogen (secondary N) is 1. The molecule has 2 nitrogen and oxygen atoms in total. The molecule has 14 heavy (non-hydrogen) atoms. The zero-order chi connectivity index (χ0) is 10.8. The topological polar surface area (TPSA) is 38.0 Å². The van der Waals surface area contributed by atoms with Gasteiger partial charge in [0.25, 0.3) is 0 Å². The van der Waals surface area contributed by atoms with Crippen molar-refractivity contribution < 1.29 is 13.2 Å². The number of hydrazine groups is 1. The largest absolute Gasteiger partial charge is 0.411 e. The zero-order valence-corrected chi connectivity index (χ0v) is 7.60. The van der Waals surface area contributed by atoms with Crippen LogP contribution in [-0.2, 0) is 5.54 Å². The predicted molar refractivity (Wildman–Crippen MR) is 47.2 cm³/mol. The Balaban J connectivity index is 3.15. The molecule has 0 saturated heterocycles. The van der Waals surface area contributed by atoms with Gasteiger partial charge in [-0.2, -0.15) is 13.2 Å². The van der Waals surface area contributed by atoms with Gasteiger partial charge in [-0.05, 0) is 12.5 Å². The molecule has 0 radical (unpaired) electrons. The van der Waals surface area contributed by atoms with Crippen LogP contribution in [0.3, 0.4) is 0 Å². The minimum Gasteiger partial charge on any atom is -0.270 e. The maximum Gasteiger partial charge on any atom is 0.411 e. The third-order valence-electron chi connectivity index (χ3n) is 2.21. The summed E-state index contributed by atoms with van der Waals surface area (Å²) in [4.78, 5) is 0. The average molecular weight is 204 g/mol. The second kappa shape index (κ2) is 3.59. The summed E-state index contributed by atoms with van der Waals surface area (Å²) in [6, 6.07) is 7.49. The van der Waals surface area contributed by atoms with E-state index in [1.165, 1.54) is 24.3 Å². The van der Waals surface area contributed by atoms with E-state index in [2.05, 4.69) is 0 Å². The molecule has 0 heterocycles. The van der Waals surface area contributed by atoms with Crippen LogP contribution in [0.2, 0.25) is 0 Å². The third kappa shape index (κ3) is 1.73. The number of benzene rings is 1. The molecule has 0 spiro atoms. The van der Waals surface area contributed by atoms with Gasteiger partial charge in [-0.25, -0.2) is 5.43 Å². The Labute approximate surface area is 79.9 Å². The van der Waals surface area contributed by atoms with Crippen LogP contribution in [0.1, 0.15) is 12.5 Å². The lowest BCUT2D eigenvalue weighted by Gasteiger charge is -2.31. The SMILES string of the molecule is CC(NN)(c1ccccc1)C(F)(F)F. The van der Waals surface area contributed by atoms with E-state index in [4.69, 9.17) is 5.84 Å². The smallest absolute Gasteiger partial charge is 0.270 e. The molecule has 3 N–H and O–H groups in total. The highest BCUT2D eigenvalue weighted by molar-refractivity contribution is 5.25. The lowest BCUT2D eigenvalue weighted by molar-refractivity contribution is -0.195. The number of rotatable bonds is 2. The molecule has 1 aromatic rings. The van der Waals surface area contributed by atoms with Crippen molar-refractivity contribution in [2.24, 2.45) is 5.84 Å². The zero-order valence-electron chi connectivity index (χ0n) is 7.60. The highest BCUT2D eigenvalue weighted by Crippen LogP contribution is 2.37. The summed E-state index contributed by atoms with van der Waals surface area (Å²) in [5.74, 6) is 4.96. The summed E-state index contributed by atoms with van der Waals surface area (Å²) < 4.78 is 37.9. The van der Waals surface area contributed by atoms with Gasteiger partial charge in [-0.1, -0.05) is 30.3 Å². The minimum absolute atomic E-state index is 0.0926. The first-order valence-corrected chi connectivity index (χ1v) is 4.02. The lowest BCUT2D eigenvalue weighted by atomic mass is 9.92. The van der Waals surface area contributed by atoms with Gasteiger partial charge in [-0.15, -0.1) is 0 Å². The van der Waals surface area contributed by atoms with Crippen molar-refractivity contribution in [3.8, 4) is 0 Å². The molecular formula is C9H11F3N2. The molecular weight excluding hydrogens is 193 g/mol. The Morgan fingerprint density at radius 3 is 2.00 bits per heavy atom. The van der Waals surface area contributed by atoms with E-state index in [0.717, 1.165) is 6.92 Å². The average Bonchev–Trinajstić information content (AvgIpc) is 2.16. The number of alkyl halides is 3. The van der Waals surface area contributed by atoms with E-state index < -0.39 is 11.7 Å². The Bertz CT molecular complexity index is 297. The Kier molecular flexibility index (Phi) is 2.82. The molecule has 1 rings (SSSR count). The molecule has 0 aliphatic carbocycles. The Morgan fingerprint density at radius 2 is 1.64 bits per heavy atom. The van der Waals surface area contributed by atoms with Gasteiger partial charge < -0.3 is 0 Å². The quantitative estimate of drug-likeness (QED) is 0.570. The van der Waals surface area contributed by atoms with Crippen molar-refractivity contribution in [3.05, 3.63) is 35.9 Å². The summed E-state index contributed by atoms with van der Waals surface area (Å²) in [6.45, 7) is 1.00. The van der Waals surface area contributed by atoms with E-state index in [1.54, 1.807) is 6.07 Å². The molecule has 0 aliphatic heterocycles. The first-order chi connectivity index (χ1) is 6.42. The highest BCUT2D eigenvalue weighted by atomic mass is 19.4. The number of hydrogen-bond donors (Lipinski definition) is 2. The molecule has 0 fully saturated rings. The second-order valence-electron chi connectivity index (χ2n) is 3.13. The molecule has 1 unspecified atom stereocenters. The molecule has 5 heteroatoms. The van der Waals surface area contributed by atoms with E-state index in [9.17, 15) is 13.2 Å². The first kappa shape index (κ1) is 11.0. The Morgan fingerprint density at radius 1 is 1.14 bits per heavy atom. The molecule has 0 amide bonds. The predicted octanol–water partition coefficient (Wildman–Crippen LogP) is 1.93. The van der Waals surface area contributed by atoms with Crippen molar-refractivity contribution in [3.63, 3.8) is 0 Å². The van der Waals surface area contributed by atoms with Crippen LogP contribution >= 0.6 is 0 Å². The molecule has 78 valence electrons. The summed E-state index contributed by atoms with van der Waals surface area (Å²) >= 11 is 0. The van der Waals surface area contributed by atoms with Gasteiger partial charge >= 0.3 is 6.18 Å². The normalized spacial score (nSPS) is 16.4. The van der Waals surface area contributed by atoms with Gasteiger partial charge in [0, 0.05) is 0 Å². The van der Waals surface area contributed by atoms with Crippen LogP contribution in [0.5, 0.6) is 0 Å². The van der Waals surface area contributed by atoms with Crippen LogP contribution in [0.15, 0.2) is 30.3 Å². The van der Waals surface area contributed by atoms with Crippen molar-refractivity contribution in [1.82, 2.24) is 5.43 Å². The van der Waals surface area contributed by atoms with Crippen molar-refractivity contribution in [2.45, 2.75) is 18.6 Å². The van der Waals surface area contributed by atoms with Crippen LogP contribution in [0.4, 0.5) is 13.2 Å². The van der Waals surface area contributed by atoms with Gasteiger partial charge in [-0.3, -0.25) is 5.84 Å². The monoisotopic (exact) mass is 204 g/mol.